The number of aromatic nitrogens is 3. The Hall–Kier alpha value is -6.69. The molecule has 2 aliphatic rings. The minimum atomic E-state index is -1.02. The fourth-order valence-electron chi connectivity index (χ4n) is 7.40. The number of aromatic carboxylic acids is 1. The van der Waals surface area contributed by atoms with Crippen LogP contribution in [-0.4, -0.2) is 65.0 Å². The first-order valence-electron chi connectivity index (χ1n) is 16.7. The zero-order valence-corrected chi connectivity index (χ0v) is 27.8. The molecule has 0 spiro atoms. The molecule has 2 aliphatic heterocycles. The maximum absolute atomic E-state index is 13.9. The van der Waals surface area contributed by atoms with Crippen LogP contribution in [0.4, 0.5) is 28.4 Å². The van der Waals surface area contributed by atoms with E-state index in [1.807, 2.05) is 97.9 Å². The van der Waals surface area contributed by atoms with Crippen molar-refractivity contribution in [3.05, 3.63) is 113 Å². The zero-order chi connectivity index (χ0) is 35.0. The summed E-state index contributed by atoms with van der Waals surface area (Å²) in [5, 5.41) is 20.8. The van der Waals surface area contributed by atoms with Gasteiger partial charge in [-0.1, -0.05) is 0 Å². The summed E-state index contributed by atoms with van der Waals surface area (Å²) < 4.78 is 0. The van der Waals surface area contributed by atoms with Crippen LogP contribution in [0, 0.1) is 0 Å². The largest absolute Gasteiger partial charge is 0.477 e. The number of amides is 2. The van der Waals surface area contributed by atoms with Crippen molar-refractivity contribution in [2.75, 3.05) is 41.9 Å². The van der Waals surface area contributed by atoms with Crippen LogP contribution in [0.25, 0.3) is 32.7 Å². The Balaban J connectivity index is 0.952. The molecule has 12 nitrogen and oxygen atoms in total. The predicted octanol–water partition coefficient (Wildman–Crippen LogP) is 7.72. The number of hydrogen-bond acceptors (Lipinski definition) is 6. The van der Waals surface area contributed by atoms with Crippen LogP contribution in [0.2, 0.25) is 0 Å². The molecule has 51 heavy (non-hydrogen) atoms. The molecule has 4 N–H and O–H groups in total. The molecule has 7 aromatic rings. The Morgan fingerprint density at radius 3 is 1.75 bits per heavy atom. The van der Waals surface area contributed by atoms with Crippen molar-refractivity contribution in [2.45, 2.75) is 12.8 Å². The van der Waals surface area contributed by atoms with Gasteiger partial charge in [-0.3, -0.25) is 9.59 Å². The average Bonchev–Trinajstić information content (AvgIpc) is 3.97. The SMILES string of the molecule is CN(C)c1ccc(N=Nc2ccc3[nH]c(C(=O)N4CCc5c4ccc4[nH]c(C(=O)N6CCc7c6ccc6[nH]c(C(=O)O)cc76)cc54)cc3c2)cc1. The van der Waals surface area contributed by atoms with Crippen LogP contribution in [0.5, 0.6) is 0 Å². The maximum atomic E-state index is 13.9. The van der Waals surface area contributed by atoms with Crippen LogP contribution in [0.3, 0.4) is 0 Å². The maximum Gasteiger partial charge on any atom is 0.352 e. The molecule has 2 amide bonds. The van der Waals surface area contributed by atoms with Gasteiger partial charge in [0.25, 0.3) is 11.8 Å². The van der Waals surface area contributed by atoms with Crippen molar-refractivity contribution in [1.82, 2.24) is 15.0 Å². The summed E-state index contributed by atoms with van der Waals surface area (Å²) in [5.74, 6) is -1.30. The summed E-state index contributed by atoms with van der Waals surface area (Å²) >= 11 is 0. The molecule has 9 rings (SSSR count). The number of fused-ring (bicyclic) bond motifs is 7. The highest BCUT2D eigenvalue weighted by molar-refractivity contribution is 6.13. The number of nitrogens with zero attached hydrogens (tertiary/aromatic N) is 5. The molecule has 0 atom stereocenters. The summed E-state index contributed by atoms with van der Waals surface area (Å²) in [6, 6.07) is 26.4. The lowest BCUT2D eigenvalue weighted by atomic mass is 10.1. The Bertz CT molecular complexity index is 2610. The highest BCUT2D eigenvalue weighted by Crippen LogP contribution is 2.38. The van der Waals surface area contributed by atoms with Crippen molar-refractivity contribution >= 4 is 78.9 Å². The number of rotatable bonds is 6. The van der Waals surface area contributed by atoms with Crippen LogP contribution in [0.1, 0.15) is 42.6 Å². The third-order valence-corrected chi connectivity index (χ3v) is 9.97. The molecule has 3 aromatic heterocycles. The van der Waals surface area contributed by atoms with Crippen molar-refractivity contribution in [3.8, 4) is 0 Å². The molecule has 0 saturated carbocycles. The van der Waals surface area contributed by atoms with Gasteiger partial charge in [-0.2, -0.15) is 10.2 Å². The van der Waals surface area contributed by atoms with E-state index in [1.54, 1.807) is 15.9 Å². The van der Waals surface area contributed by atoms with E-state index in [1.165, 1.54) is 0 Å². The normalized spacial score (nSPS) is 13.9. The second kappa shape index (κ2) is 11.4. The summed E-state index contributed by atoms with van der Waals surface area (Å²) in [6.07, 6.45) is 1.29. The van der Waals surface area contributed by atoms with Crippen LogP contribution >= 0.6 is 0 Å². The fourth-order valence-corrected chi connectivity index (χ4v) is 7.40. The molecular formula is C39H32N8O4. The third-order valence-electron chi connectivity index (χ3n) is 9.97. The predicted molar refractivity (Wildman–Crippen MR) is 198 cm³/mol. The molecular weight excluding hydrogens is 644 g/mol. The quantitative estimate of drug-likeness (QED) is 0.133. The lowest BCUT2D eigenvalue weighted by Crippen LogP contribution is -2.29. The first-order valence-corrected chi connectivity index (χ1v) is 16.7. The average molecular weight is 677 g/mol. The van der Waals surface area contributed by atoms with E-state index in [0.29, 0.717) is 43.0 Å². The number of carbonyl (C=O) groups excluding carboxylic acids is 2. The van der Waals surface area contributed by atoms with Gasteiger partial charge in [0.15, 0.2) is 0 Å². The second-order valence-electron chi connectivity index (χ2n) is 13.2. The van der Waals surface area contributed by atoms with Crippen LogP contribution in [0.15, 0.2) is 95.2 Å². The Morgan fingerprint density at radius 2 is 1.14 bits per heavy atom. The zero-order valence-electron chi connectivity index (χ0n) is 27.8. The molecule has 0 unspecified atom stereocenters. The number of benzene rings is 4. The lowest BCUT2D eigenvalue weighted by molar-refractivity contribution is 0.0691. The standard InChI is InChI=1S/C39H32N8O4/c1-45(2)24-6-3-22(4-7-24)43-44-23-5-8-29-21(17-23)18-32(40-29)37(48)46-15-13-25-27-19-33(41-30(27)9-11-35(25)46)38(49)47-16-14-26-28-20-34(39(50)51)42-31(28)10-12-36(26)47/h3-12,17-20,40-42H,13-16H2,1-2H3,(H,50,51). The van der Waals surface area contributed by atoms with E-state index >= 15 is 0 Å². The lowest BCUT2D eigenvalue weighted by Gasteiger charge is -2.16. The van der Waals surface area contributed by atoms with E-state index in [4.69, 9.17) is 0 Å². The number of carbonyl (C=O) groups is 3. The number of hydrogen-bond donors (Lipinski definition) is 4. The Labute approximate surface area is 291 Å². The van der Waals surface area contributed by atoms with Crippen molar-refractivity contribution in [3.63, 3.8) is 0 Å². The number of carboxylic acid groups (broad SMARTS) is 1. The third kappa shape index (κ3) is 5.02. The van der Waals surface area contributed by atoms with Gasteiger partial charge in [0.05, 0.1) is 11.4 Å². The van der Waals surface area contributed by atoms with Gasteiger partial charge in [0, 0.05) is 77.0 Å². The Morgan fingerprint density at radius 1 is 0.627 bits per heavy atom. The first-order chi connectivity index (χ1) is 24.7. The number of aromatic amines is 3. The Kier molecular flexibility index (Phi) is 6.82. The van der Waals surface area contributed by atoms with E-state index in [2.05, 4.69) is 25.2 Å². The summed E-state index contributed by atoms with van der Waals surface area (Å²) in [4.78, 5) is 54.3. The molecule has 5 heterocycles. The van der Waals surface area contributed by atoms with Crippen molar-refractivity contribution < 1.29 is 19.5 Å². The number of carboxylic acids is 1. The minimum absolute atomic E-state index is 0.125. The monoisotopic (exact) mass is 676 g/mol. The topological polar surface area (TPSA) is 153 Å². The van der Waals surface area contributed by atoms with Gasteiger partial charge in [0.1, 0.15) is 17.1 Å². The van der Waals surface area contributed by atoms with Crippen molar-refractivity contribution in [1.29, 1.82) is 0 Å². The second-order valence-corrected chi connectivity index (χ2v) is 13.2. The van der Waals surface area contributed by atoms with Gasteiger partial charge in [0.2, 0.25) is 0 Å². The number of nitrogens with one attached hydrogen (secondary N) is 3. The van der Waals surface area contributed by atoms with Gasteiger partial charge >= 0.3 is 5.97 Å². The molecule has 0 fully saturated rings. The number of anilines is 3. The van der Waals surface area contributed by atoms with E-state index in [-0.39, 0.29) is 17.5 Å². The van der Waals surface area contributed by atoms with Gasteiger partial charge in [-0.05, 0) is 109 Å². The molecule has 0 saturated heterocycles. The molecule has 0 radical (unpaired) electrons. The first kappa shape index (κ1) is 30.4. The van der Waals surface area contributed by atoms with E-state index < -0.39 is 5.97 Å². The highest BCUT2D eigenvalue weighted by atomic mass is 16.4. The minimum Gasteiger partial charge on any atom is -0.477 e. The van der Waals surface area contributed by atoms with Gasteiger partial charge < -0.3 is 34.8 Å². The van der Waals surface area contributed by atoms with Crippen LogP contribution in [-0.2, 0) is 12.8 Å². The number of H-pyrrole nitrogens is 3. The van der Waals surface area contributed by atoms with Gasteiger partial charge in [-0.15, -0.1) is 0 Å². The van der Waals surface area contributed by atoms with Crippen LogP contribution < -0.4 is 14.7 Å². The molecule has 4 aromatic carbocycles. The molecule has 12 heteroatoms. The van der Waals surface area contributed by atoms with Gasteiger partial charge in [-0.25, -0.2) is 4.79 Å². The smallest absolute Gasteiger partial charge is 0.352 e. The fraction of sp³-hybridized carbons (Fsp3) is 0.154. The molecule has 0 aliphatic carbocycles. The van der Waals surface area contributed by atoms with Crippen molar-refractivity contribution in [2.24, 2.45) is 10.2 Å². The van der Waals surface area contributed by atoms with E-state index in [9.17, 15) is 19.5 Å². The highest BCUT2D eigenvalue weighted by Gasteiger charge is 2.31. The summed E-state index contributed by atoms with van der Waals surface area (Å²) in [7, 11) is 3.98. The molecule has 252 valence electrons. The van der Waals surface area contributed by atoms with E-state index in [0.717, 1.165) is 66.6 Å². The summed E-state index contributed by atoms with van der Waals surface area (Å²) in [6.45, 7) is 1.02. The molecule has 0 bridgehead atoms. The number of azo groups is 1. The summed E-state index contributed by atoms with van der Waals surface area (Å²) in [5.41, 5.74) is 9.59.